The topological polar surface area (TPSA) is 30.5 Å². The predicted octanol–water partition coefficient (Wildman–Crippen LogP) is 3.27. The maximum atomic E-state index is 13.9. The first-order valence-electron chi connectivity index (χ1n) is 7.20. The molecule has 4 heteroatoms. The highest BCUT2D eigenvalue weighted by molar-refractivity contribution is 5.29. The molecule has 1 aliphatic rings. The predicted molar refractivity (Wildman–Crippen MR) is 77.5 cm³/mol. The lowest BCUT2D eigenvalue weighted by Gasteiger charge is -2.22. The number of hydrogen-bond donors (Lipinski definition) is 1. The fraction of sp³-hybridized carbons (Fsp3) is 0.625. The fourth-order valence-corrected chi connectivity index (χ4v) is 1.83. The van der Waals surface area contributed by atoms with Gasteiger partial charge in [-0.1, -0.05) is 6.07 Å². The van der Waals surface area contributed by atoms with Crippen molar-refractivity contribution in [1.29, 1.82) is 0 Å². The van der Waals surface area contributed by atoms with Gasteiger partial charge in [-0.25, -0.2) is 4.39 Å². The number of methoxy groups -OCH3 is 1. The van der Waals surface area contributed by atoms with E-state index in [9.17, 15) is 4.39 Å². The summed E-state index contributed by atoms with van der Waals surface area (Å²) < 4.78 is 24.7. The van der Waals surface area contributed by atoms with Crippen LogP contribution in [0.3, 0.4) is 0 Å². The average molecular weight is 281 g/mol. The minimum Gasteiger partial charge on any atom is -0.490 e. The molecule has 0 bridgehead atoms. The zero-order valence-corrected chi connectivity index (χ0v) is 12.5. The molecule has 0 heterocycles. The Morgan fingerprint density at radius 2 is 2.10 bits per heavy atom. The lowest BCUT2D eigenvalue weighted by molar-refractivity contribution is 0.00513. The van der Waals surface area contributed by atoms with Gasteiger partial charge in [0.25, 0.3) is 0 Å². The van der Waals surface area contributed by atoms with Crippen LogP contribution in [0.15, 0.2) is 18.2 Å². The van der Waals surface area contributed by atoms with Crippen LogP contribution in [0.25, 0.3) is 0 Å². The summed E-state index contributed by atoms with van der Waals surface area (Å²) in [5.74, 6) is 0.0161. The molecule has 0 radical (unpaired) electrons. The van der Waals surface area contributed by atoms with Crippen molar-refractivity contribution < 1.29 is 13.9 Å². The van der Waals surface area contributed by atoms with Crippen molar-refractivity contribution in [3.05, 3.63) is 29.6 Å². The molecular weight excluding hydrogens is 257 g/mol. The molecule has 0 amide bonds. The van der Waals surface area contributed by atoms with Gasteiger partial charge in [0.2, 0.25) is 0 Å². The molecule has 0 aliphatic heterocycles. The number of ether oxygens (including phenoxy) is 2. The highest BCUT2D eigenvalue weighted by Gasteiger charge is 2.20. The molecule has 0 saturated heterocycles. The number of rotatable bonds is 8. The molecular formula is C16H24FNO2. The van der Waals surface area contributed by atoms with Crippen LogP contribution in [0.1, 0.15) is 38.7 Å². The van der Waals surface area contributed by atoms with Gasteiger partial charge in [-0.05, 0) is 44.4 Å². The lowest BCUT2D eigenvalue weighted by atomic mass is 10.1. The van der Waals surface area contributed by atoms with E-state index in [0.717, 1.165) is 12.1 Å². The van der Waals surface area contributed by atoms with Crippen LogP contribution in [0, 0.1) is 5.82 Å². The highest BCUT2D eigenvalue weighted by atomic mass is 19.1. The Balaban J connectivity index is 1.82. The first-order chi connectivity index (χ1) is 9.50. The molecule has 1 fully saturated rings. The Morgan fingerprint density at radius 1 is 1.35 bits per heavy atom. The van der Waals surface area contributed by atoms with Crippen LogP contribution >= 0.6 is 0 Å². The second-order valence-electron chi connectivity index (χ2n) is 5.98. The highest BCUT2D eigenvalue weighted by Crippen LogP contribution is 2.22. The van der Waals surface area contributed by atoms with Crippen molar-refractivity contribution in [2.45, 2.75) is 51.3 Å². The van der Waals surface area contributed by atoms with Gasteiger partial charge in [-0.15, -0.1) is 0 Å². The van der Waals surface area contributed by atoms with E-state index in [0.29, 0.717) is 24.8 Å². The number of hydrogen-bond acceptors (Lipinski definition) is 3. The van der Waals surface area contributed by atoms with E-state index in [1.54, 1.807) is 19.2 Å². The number of nitrogens with one attached hydrogen (secondary N) is 1. The Bertz CT molecular complexity index is 444. The first kappa shape index (κ1) is 15.3. The zero-order valence-electron chi connectivity index (χ0n) is 12.5. The molecule has 1 aliphatic carbocycles. The second-order valence-corrected chi connectivity index (χ2v) is 5.98. The summed E-state index contributed by atoms with van der Waals surface area (Å²) in [6.07, 6.45) is 3.19. The smallest absolute Gasteiger partial charge is 0.165 e. The maximum absolute atomic E-state index is 13.9. The van der Waals surface area contributed by atoms with E-state index < -0.39 is 0 Å². The maximum Gasteiger partial charge on any atom is 0.165 e. The summed E-state index contributed by atoms with van der Waals surface area (Å²) in [6, 6.07) is 5.80. The van der Waals surface area contributed by atoms with Crippen LogP contribution in [0.5, 0.6) is 5.75 Å². The van der Waals surface area contributed by atoms with E-state index in [-0.39, 0.29) is 11.4 Å². The van der Waals surface area contributed by atoms with Gasteiger partial charge in [-0.3, -0.25) is 0 Å². The van der Waals surface area contributed by atoms with Crippen molar-refractivity contribution in [3.63, 3.8) is 0 Å². The van der Waals surface area contributed by atoms with E-state index in [2.05, 4.69) is 5.32 Å². The largest absolute Gasteiger partial charge is 0.490 e. The van der Waals surface area contributed by atoms with Crippen molar-refractivity contribution in [2.24, 2.45) is 0 Å². The van der Waals surface area contributed by atoms with Crippen LogP contribution < -0.4 is 10.1 Å². The summed E-state index contributed by atoms with van der Waals surface area (Å²) in [4.78, 5) is 0. The van der Waals surface area contributed by atoms with Crippen molar-refractivity contribution in [1.82, 2.24) is 5.32 Å². The number of halogens is 1. The van der Waals surface area contributed by atoms with Crippen LogP contribution in [-0.2, 0) is 11.3 Å². The van der Waals surface area contributed by atoms with Crippen LogP contribution in [-0.4, -0.2) is 25.4 Å². The Hall–Kier alpha value is -1.13. The fourth-order valence-electron chi connectivity index (χ4n) is 1.83. The molecule has 0 atom stereocenters. The monoisotopic (exact) mass is 281 g/mol. The van der Waals surface area contributed by atoms with E-state index in [1.165, 1.54) is 12.8 Å². The summed E-state index contributed by atoms with van der Waals surface area (Å²) in [6.45, 7) is 5.13. The quantitative estimate of drug-likeness (QED) is 0.793. The molecule has 1 N–H and O–H groups in total. The van der Waals surface area contributed by atoms with Crippen LogP contribution in [0.2, 0.25) is 0 Å². The molecule has 0 spiro atoms. The summed E-state index contributed by atoms with van der Waals surface area (Å²) in [5, 5.41) is 3.37. The zero-order chi connectivity index (χ0) is 14.6. The third kappa shape index (κ3) is 4.76. The minimum atomic E-state index is -0.296. The Kier molecular flexibility index (Phi) is 5.00. The Morgan fingerprint density at radius 3 is 2.70 bits per heavy atom. The van der Waals surface area contributed by atoms with Gasteiger partial charge in [0.1, 0.15) is 0 Å². The van der Waals surface area contributed by atoms with Crippen molar-refractivity contribution >= 4 is 0 Å². The van der Waals surface area contributed by atoms with Crippen molar-refractivity contribution in [2.75, 3.05) is 13.7 Å². The van der Waals surface area contributed by atoms with Gasteiger partial charge < -0.3 is 14.8 Å². The molecule has 3 nitrogen and oxygen atoms in total. The molecule has 1 saturated carbocycles. The lowest BCUT2D eigenvalue weighted by Crippen LogP contribution is -2.25. The molecule has 0 aromatic heterocycles. The molecule has 112 valence electrons. The third-order valence-electron chi connectivity index (χ3n) is 3.68. The Labute approximate surface area is 120 Å². The first-order valence-corrected chi connectivity index (χ1v) is 7.20. The normalized spacial score (nSPS) is 15.4. The number of benzene rings is 1. The van der Waals surface area contributed by atoms with E-state index in [1.807, 2.05) is 19.9 Å². The van der Waals surface area contributed by atoms with Gasteiger partial charge >= 0.3 is 0 Å². The van der Waals surface area contributed by atoms with Gasteiger partial charge in [0, 0.05) is 26.1 Å². The van der Waals surface area contributed by atoms with Crippen LogP contribution in [0.4, 0.5) is 4.39 Å². The summed E-state index contributed by atoms with van der Waals surface area (Å²) in [5.41, 5.74) is 0.712. The van der Waals surface area contributed by atoms with Gasteiger partial charge in [0.15, 0.2) is 11.6 Å². The summed E-state index contributed by atoms with van der Waals surface area (Å²) >= 11 is 0. The summed E-state index contributed by atoms with van der Waals surface area (Å²) in [7, 11) is 1.67. The molecule has 0 unspecified atom stereocenters. The van der Waals surface area contributed by atoms with Gasteiger partial charge in [0.05, 0.1) is 12.2 Å². The minimum absolute atomic E-state index is 0.245. The molecule has 2 rings (SSSR count). The molecule has 20 heavy (non-hydrogen) atoms. The van der Waals surface area contributed by atoms with E-state index >= 15 is 0 Å². The molecule has 1 aromatic rings. The van der Waals surface area contributed by atoms with Gasteiger partial charge in [-0.2, -0.15) is 0 Å². The average Bonchev–Trinajstić information content (AvgIpc) is 3.23. The molecule has 1 aromatic carbocycles. The van der Waals surface area contributed by atoms with E-state index in [4.69, 9.17) is 9.47 Å². The van der Waals surface area contributed by atoms with Crippen molar-refractivity contribution in [3.8, 4) is 5.75 Å². The SMILES string of the molecule is COC(C)(C)CCOc1ccc(CNC2CC2)cc1F. The second kappa shape index (κ2) is 6.55. The third-order valence-corrected chi connectivity index (χ3v) is 3.68. The standard InChI is InChI=1S/C16H24FNO2/c1-16(2,19-3)8-9-20-15-7-4-12(10-14(15)17)11-18-13-5-6-13/h4,7,10,13,18H,5-6,8-9,11H2,1-3H3.